The summed E-state index contributed by atoms with van der Waals surface area (Å²) in [6.07, 6.45) is 5.79. The molecular weight excluding hydrogens is 329 g/mol. The summed E-state index contributed by atoms with van der Waals surface area (Å²) in [5.74, 6) is 1.27. The molecule has 0 radical (unpaired) electrons. The summed E-state index contributed by atoms with van der Waals surface area (Å²) in [5.41, 5.74) is 1.95. The third-order valence-electron chi connectivity index (χ3n) is 3.89. The van der Waals surface area contributed by atoms with Gasteiger partial charge in [-0.3, -0.25) is 9.97 Å². The monoisotopic (exact) mass is 345 g/mol. The van der Waals surface area contributed by atoms with E-state index in [-0.39, 0.29) is 11.6 Å². The van der Waals surface area contributed by atoms with Crippen molar-refractivity contribution in [2.45, 2.75) is 23.8 Å². The predicted octanol–water partition coefficient (Wildman–Crippen LogP) is 3.19. The molecule has 1 N–H and O–H groups in total. The minimum atomic E-state index is -1.37. The lowest BCUT2D eigenvalue weighted by Crippen LogP contribution is -2.08. The van der Waals surface area contributed by atoms with Gasteiger partial charge >= 0.3 is 5.16 Å². The number of imidazole rings is 1. The van der Waals surface area contributed by atoms with E-state index in [1.165, 1.54) is 25.0 Å². The molecule has 2 aromatic heterocycles. The fourth-order valence-corrected chi connectivity index (χ4v) is 3.42. The largest absolute Gasteiger partial charge is 0.609 e. The number of fused-ring (bicyclic) bond motifs is 1. The highest BCUT2D eigenvalue weighted by Gasteiger charge is 2.22. The maximum absolute atomic E-state index is 13.2. The van der Waals surface area contributed by atoms with Crippen LogP contribution in [-0.4, -0.2) is 26.1 Å². The second kappa shape index (κ2) is 6.41. The van der Waals surface area contributed by atoms with Gasteiger partial charge in [0.15, 0.2) is 0 Å². The van der Waals surface area contributed by atoms with Crippen LogP contribution in [0.4, 0.5) is 4.39 Å². The van der Waals surface area contributed by atoms with E-state index in [0.29, 0.717) is 34.5 Å². The molecule has 1 aliphatic carbocycles. The Morgan fingerprint density at radius 1 is 1.29 bits per heavy atom. The first-order valence-corrected chi connectivity index (χ1v) is 9.09. The number of hydrogen-bond acceptors (Lipinski definition) is 4. The van der Waals surface area contributed by atoms with Crippen LogP contribution in [0.3, 0.4) is 0 Å². The van der Waals surface area contributed by atoms with Gasteiger partial charge in [-0.05, 0) is 37.0 Å². The van der Waals surface area contributed by atoms with Crippen LogP contribution in [0.15, 0.2) is 41.8 Å². The summed E-state index contributed by atoms with van der Waals surface area (Å²) < 4.78 is 31.4. The molecule has 0 aliphatic heterocycles. The minimum Gasteiger partial charge on any atom is -0.609 e. The Hall–Kier alpha value is -2.12. The number of aromatic amines is 1. The van der Waals surface area contributed by atoms with Gasteiger partial charge in [-0.2, -0.15) is 4.98 Å². The smallest absolute Gasteiger partial charge is 0.321 e. The molecule has 1 saturated carbocycles. The number of benzene rings is 1. The third-order valence-corrected chi connectivity index (χ3v) is 5.11. The van der Waals surface area contributed by atoms with Crippen molar-refractivity contribution in [2.24, 2.45) is 5.92 Å². The number of nitrogens with zero attached hydrogens (tertiary/aromatic N) is 2. The molecule has 5 nitrogen and oxygen atoms in total. The Bertz CT molecular complexity index is 866. The van der Waals surface area contributed by atoms with E-state index in [1.807, 2.05) is 6.07 Å². The average molecular weight is 345 g/mol. The quantitative estimate of drug-likeness (QED) is 0.696. The number of nitrogens with one attached hydrogen (secondary N) is 1. The van der Waals surface area contributed by atoms with Crippen molar-refractivity contribution >= 4 is 22.2 Å². The lowest BCUT2D eigenvalue weighted by molar-refractivity contribution is 0.298. The van der Waals surface area contributed by atoms with E-state index in [0.717, 1.165) is 5.56 Å². The molecule has 0 spiro atoms. The Morgan fingerprint density at radius 3 is 3.00 bits per heavy atom. The van der Waals surface area contributed by atoms with Gasteiger partial charge in [0.25, 0.3) is 0 Å². The van der Waals surface area contributed by atoms with Crippen LogP contribution in [0.5, 0.6) is 5.75 Å². The number of rotatable bonds is 6. The highest BCUT2D eigenvalue weighted by molar-refractivity contribution is 7.90. The van der Waals surface area contributed by atoms with E-state index in [4.69, 9.17) is 4.74 Å². The van der Waals surface area contributed by atoms with E-state index in [1.54, 1.807) is 18.5 Å². The van der Waals surface area contributed by atoms with Gasteiger partial charge in [0.2, 0.25) is 0 Å². The number of aromatic nitrogens is 3. The molecule has 1 unspecified atom stereocenters. The molecule has 4 rings (SSSR count). The number of hydrogen-bond donors (Lipinski definition) is 1. The topological polar surface area (TPSA) is 73.9 Å². The molecule has 0 bridgehead atoms. The van der Waals surface area contributed by atoms with Gasteiger partial charge < -0.3 is 9.29 Å². The second-order valence-corrected chi connectivity index (χ2v) is 7.34. The fourth-order valence-electron chi connectivity index (χ4n) is 2.40. The third kappa shape index (κ3) is 3.52. The maximum Gasteiger partial charge on any atom is 0.321 e. The minimum absolute atomic E-state index is 0.274. The van der Waals surface area contributed by atoms with Gasteiger partial charge in [-0.1, -0.05) is 0 Å². The van der Waals surface area contributed by atoms with Crippen LogP contribution in [0, 0.1) is 11.7 Å². The summed E-state index contributed by atoms with van der Waals surface area (Å²) in [6, 6.07) is 6.11. The molecule has 1 aromatic carbocycles. The number of halogens is 1. The maximum atomic E-state index is 13.2. The highest BCUT2D eigenvalue weighted by Crippen LogP contribution is 2.29. The molecule has 3 aromatic rings. The molecule has 124 valence electrons. The van der Waals surface area contributed by atoms with Crippen LogP contribution < -0.4 is 4.74 Å². The van der Waals surface area contributed by atoms with Crippen LogP contribution in [-0.2, 0) is 16.9 Å². The molecule has 0 amide bonds. The second-order valence-electron chi connectivity index (χ2n) is 5.98. The SMILES string of the molecule is [O-][S+](Cc1cncc(OCC2CC2)c1)c1nc2cc(F)ccc2[nH]1. The van der Waals surface area contributed by atoms with Crippen molar-refractivity contribution in [3.05, 3.63) is 48.0 Å². The van der Waals surface area contributed by atoms with Crippen LogP contribution in [0.2, 0.25) is 0 Å². The van der Waals surface area contributed by atoms with Crippen molar-refractivity contribution in [1.82, 2.24) is 15.0 Å². The summed E-state index contributed by atoms with van der Waals surface area (Å²) in [6.45, 7) is 0.712. The highest BCUT2D eigenvalue weighted by atomic mass is 32.2. The summed E-state index contributed by atoms with van der Waals surface area (Å²) in [5, 5.41) is 0.333. The van der Waals surface area contributed by atoms with Gasteiger partial charge in [0.05, 0.1) is 23.8 Å². The first kappa shape index (κ1) is 15.4. The molecule has 1 fully saturated rings. The van der Waals surface area contributed by atoms with E-state index in [2.05, 4.69) is 15.0 Å². The molecule has 7 heteroatoms. The van der Waals surface area contributed by atoms with Crippen molar-refractivity contribution in [1.29, 1.82) is 0 Å². The summed E-state index contributed by atoms with van der Waals surface area (Å²) >= 11 is -1.37. The first-order chi connectivity index (χ1) is 11.7. The summed E-state index contributed by atoms with van der Waals surface area (Å²) in [4.78, 5) is 11.3. The van der Waals surface area contributed by atoms with Gasteiger partial charge in [-0.25, -0.2) is 4.39 Å². The lowest BCUT2D eigenvalue weighted by atomic mass is 10.3. The van der Waals surface area contributed by atoms with Crippen LogP contribution >= 0.6 is 0 Å². The predicted molar refractivity (Wildman–Crippen MR) is 88.6 cm³/mol. The zero-order chi connectivity index (χ0) is 16.5. The van der Waals surface area contributed by atoms with Gasteiger partial charge in [-0.15, -0.1) is 0 Å². The molecule has 1 atom stereocenters. The first-order valence-electron chi connectivity index (χ1n) is 7.78. The number of ether oxygens (including phenoxy) is 1. The molecule has 0 saturated heterocycles. The zero-order valence-corrected chi connectivity index (χ0v) is 13.7. The Labute approximate surface area is 141 Å². The molecule has 1 aliphatic rings. The Balaban J connectivity index is 1.47. The van der Waals surface area contributed by atoms with E-state index < -0.39 is 11.2 Å². The lowest BCUT2D eigenvalue weighted by Gasteiger charge is -2.09. The average Bonchev–Trinajstić information content (AvgIpc) is 3.31. The van der Waals surface area contributed by atoms with Crippen molar-refractivity contribution in [3.63, 3.8) is 0 Å². The van der Waals surface area contributed by atoms with Gasteiger partial charge in [0.1, 0.15) is 17.3 Å². The normalized spacial score (nSPS) is 15.6. The number of H-pyrrole nitrogens is 1. The summed E-state index contributed by atoms with van der Waals surface area (Å²) in [7, 11) is 0. The fraction of sp³-hybridized carbons (Fsp3) is 0.294. The van der Waals surface area contributed by atoms with Gasteiger partial charge in [0, 0.05) is 29.0 Å². The zero-order valence-electron chi connectivity index (χ0n) is 12.9. The number of pyridine rings is 1. The Kier molecular flexibility index (Phi) is 4.12. The van der Waals surface area contributed by atoms with E-state index >= 15 is 0 Å². The van der Waals surface area contributed by atoms with Crippen molar-refractivity contribution < 1.29 is 13.7 Å². The van der Waals surface area contributed by atoms with Crippen molar-refractivity contribution in [2.75, 3.05) is 6.61 Å². The standard InChI is InChI=1S/C17H16FN3O2S/c18-13-3-4-15-16(6-13)21-17(20-15)24(22)10-12-5-14(8-19-7-12)23-9-11-1-2-11/h3-8,11H,1-2,9-10H2,(H,20,21). The van der Waals surface area contributed by atoms with Crippen LogP contribution in [0.25, 0.3) is 11.0 Å². The van der Waals surface area contributed by atoms with E-state index in [9.17, 15) is 8.94 Å². The molecule has 24 heavy (non-hydrogen) atoms. The Morgan fingerprint density at radius 2 is 2.17 bits per heavy atom. The molecular formula is C17H16FN3O2S. The van der Waals surface area contributed by atoms with Crippen molar-refractivity contribution in [3.8, 4) is 5.75 Å². The molecule has 2 heterocycles. The van der Waals surface area contributed by atoms with Crippen LogP contribution in [0.1, 0.15) is 18.4 Å².